The molecule has 0 aliphatic rings. The fraction of sp³-hybridized carbons (Fsp3) is 0.583. The van der Waals surface area contributed by atoms with E-state index in [2.05, 4.69) is 5.32 Å². The van der Waals surface area contributed by atoms with E-state index in [1.165, 1.54) is 0 Å². The van der Waals surface area contributed by atoms with E-state index in [1.807, 2.05) is 25.3 Å². The molecule has 1 aromatic rings. The Morgan fingerprint density at radius 3 is 2.94 bits per heavy atom. The van der Waals surface area contributed by atoms with Crippen LogP contribution in [0.1, 0.15) is 19.1 Å². The van der Waals surface area contributed by atoms with Crippen LogP contribution in [0.5, 0.6) is 0 Å². The summed E-state index contributed by atoms with van der Waals surface area (Å²) in [6.45, 7) is 1.98. The average Bonchev–Trinajstić information content (AvgIpc) is 2.81. The zero-order valence-electron chi connectivity index (χ0n) is 10.2. The second kappa shape index (κ2) is 7.40. The number of aliphatic hydroxyl groups excluding tert-OH is 1. The van der Waals surface area contributed by atoms with Gasteiger partial charge in [0.05, 0.1) is 12.9 Å². The van der Waals surface area contributed by atoms with Crippen LogP contribution in [0.25, 0.3) is 0 Å². The molecule has 1 amide bonds. The van der Waals surface area contributed by atoms with Crippen LogP contribution in [-0.2, 0) is 11.2 Å². The summed E-state index contributed by atoms with van der Waals surface area (Å²) in [5.74, 6) is 0.803. The number of furan rings is 1. The van der Waals surface area contributed by atoms with Gasteiger partial charge in [-0.25, -0.2) is 0 Å². The number of carbonyl (C=O) groups excluding carboxylic acids is 1. The third-order valence-corrected chi connectivity index (χ3v) is 3.77. The lowest BCUT2D eigenvalue weighted by Crippen LogP contribution is -2.41. The van der Waals surface area contributed by atoms with Crippen molar-refractivity contribution in [2.45, 2.75) is 31.1 Å². The minimum atomic E-state index is -0.0286. The van der Waals surface area contributed by atoms with E-state index in [1.54, 1.807) is 18.0 Å². The SMILES string of the molecule is CSC(CO)C(C)NC(=O)CCc1ccco1. The highest BCUT2D eigenvalue weighted by atomic mass is 32.2. The van der Waals surface area contributed by atoms with Gasteiger partial charge in [-0.05, 0) is 25.3 Å². The molecule has 0 saturated heterocycles. The van der Waals surface area contributed by atoms with E-state index >= 15 is 0 Å². The standard InChI is InChI=1S/C12H19NO3S/c1-9(11(8-14)17-2)13-12(15)6-5-10-4-3-7-16-10/h3-4,7,9,11,14H,5-6,8H2,1-2H3,(H,13,15). The van der Waals surface area contributed by atoms with Gasteiger partial charge in [0.1, 0.15) is 5.76 Å². The van der Waals surface area contributed by atoms with Gasteiger partial charge in [-0.15, -0.1) is 0 Å². The van der Waals surface area contributed by atoms with E-state index in [0.29, 0.717) is 12.8 Å². The zero-order chi connectivity index (χ0) is 12.7. The van der Waals surface area contributed by atoms with Crippen molar-refractivity contribution in [3.63, 3.8) is 0 Å². The maximum absolute atomic E-state index is 11.6. The highest BCUT2D eigenvalue weighted by Gasteiger charge is 2.17. The third-order valence-electron chi connectivity index (χ3n) is 2.61. The molecule has 0 radical (unpaired) electrons. The molecule has 1 aromatic heterocycles. The number of aliphatic hydroxyl groups is 1. The van der Waals surface area contributed by atoms with Gasteiger partial charge in [0.25, 0.3) is 0 Å². The Morgan fingerprint density at radius 2 is 2.41 bits per heavy atom. The average molecular weight is 257 g/mol. The van der Waals surface area contributed by atoms with Crippen LogP contribution in [0.4, 0.5) is 0 Å². The van der Waals surface area contributed by atoms with Gasteiger partial charge in [0.2, 0.25) is 5.91 Å². The summed E-state index contributed by atoms with van der Waals surface area (Å²) in [5.41, 5.74) is 0. The molecule has 5 heteroatoms. The molecule has 0 aliphatic carbocycles. The molecule has 1 heterocycles. The molecule has 2 N–H and O–H groups in total. The van der Waals surface area contributed by atoms with Crippen molar-refractivity contribution < 1.29 is 14.3 Å². The predicted octanol–water partition coefficient (Wildman–Crippen LogP) is 1.44. The maximum atomic E-state index is 11.6. The Labute approximate surface area is 106 Å². The fourth-order valence-corrected chi connectivity index (χ4v) is 2.17. The Kier molecular flexibility index (Phi) is 6.15. The van der Waals surface area contributed by atoms with E-state index in [9.17, 15) is 4.79 Å². The maximum Gasteiger partial charge on any atom is 0.220 e. The highest BCUT2D eigenvalue weighted by Crippen LogP contribution is 2.10. The molecule has 96 valence electrons. The molecule has 1 rings (SSSR count). The fourth-order valence-electron chi connectivity index (χ4n) is 1.55. The molecule has 0 spiro atoms. The molecule has 0 fully saturated rings. The van der Waals surface area contributed by atoms with E-state index in [0.717, 1.165) is 5.76 Å². The monoisotopic (exact) mass is 257 g/mol. The van der Waals surface area contributed by atoms with Crippen LogP contribution in [0, 0.1) is 0 Å². The van der Waals surface area contributed by atoms with Crippen LogP contribution < -0.4 is 5.32 Å². The smallest absolute Gasteiger partial charge is 0.220 e. The number of rotatable bonds is 7. The number of thioether (sulfide) groups is 1. The van der Waals surface area contributed by atoms with Gasteiger partial charge in [-0.1, -0.05) is 0 Å². The van der Waals surface area contributed by atoms with Gasteiger partial charge >= 0.3 is 0 Å². The van der Waals surface area contributed by atoms with Crippen molar-refractivity contribution in [2.24, 2.45) is 0 Å². The molecular formula is C12H19NO3S. The van der Waals surface area contributed by atoms with Crippen LogP contribution in [0.2, 0.25) is 0 Å². The quantitative estimate of drug-likeness (QED) is 0.776. The van der Waals surface area contributed by atoms with Crippen LogP contribution in [0.15, 0.2) is 22.8 Å². The second-order valence-electron chi connectivity index (χ2n) is 3.89. The lowest BCUT2D eigenvalue weighted by Gasteiger charge is -2.21. The number of nitrogens with one attached hydrogen (secondary N) is 1. The summed E-state index contributed by atoms with van der Waals surface area (Å²) in [6, 6.07) is 3.64. The first-order valence-electron chi connectivity index (χ1n) is 5.62. The van der Waals surface area contributed by atoms with Crippen molar-refractivity contribution in [1.29, 1.82) is 0 Å². The summed E-state index contributed by atoms with van der Waals surface area (Å²) < 4.78 is 5.15. The summed E-state index contributed by atoms with van der Waals surface area (Å²) in [7, 11) is 0. The normalized spacial score (nSPS) is 14.3. The lowest BCUT2D eigenvalue weighted by molar-refractivity contribution is -0.121. The van der Waals surface area contributed by atoms with Gasteiger partial charge in [-0.2, -0.15) is 11.8 Å². The van der Waals surface area contributed by atoms with Crippen molar-refractivity contribution in [3.8, 4) is 0 Å². The number of carbonyl (C=O) groups is 1. The van der Waals surface area contributed by atoms with Crippen LogP contribution >= 0.6 is 11.8 Å². The van der Waals surface area contributed by atoms with Gasteiger partial charge < -0.3 is 14.8 Å². The van der Waals surface area contributed by atoms with Crippen molar-refractivity contribution in [1.82, 2.24) is 5.32 Å². The topological polar surface area (TPSA) is 62.5 Å². The lowest BCUT2D eigenvalue weighted by atomic mass is 10.2. The molecule has 0 saturated carbocycles. The highest BCUT2D eigenvalue weighted by molar-refractivity contribution is 7.99. The molecule has 4 nitrogen and oxygen atoms in total. The van der Waals surface area contributed by atoms with Crippen LogP contribution in [0.3, 0.4) is 0 Å². The summed E-state index contributed by atoms with van der Waals surface area (Å²) in [6.07, 6.45) is 4.54. The first kappa shape index (κ1) is 14.1. The third kappa shape index (κ3) is 4.83. The van der Waals surface area contributed by atoms with Gasteiger partial charge in [0.15, 0.2) is 0 Å². The Balaban J connectivity index is 2.29. The minimum Gasteiger partial charge on any atom is -0.469 e. The molecule has 17 heavy (non-hydrogen) atoms. The number of hydrogen-bond donors (Lipinski definition) is 2. The minimum absolute atomic E-state index is 0.0126. The Hall–Kier alpha value is -0.940. The van der Waals surface area contributed by atoms with Crippen molar-refractivity contribution in [3.05, 3.63) is 24.2 Å². The number of amides is 1. The van der Waals surface area contributed by atoms with Gasteiger partial charge in [0, 0.05) is 24.1 Å². The Morgan fingerprint density at radius 1 is 1.65 bits per heavy atom. The van der Waals surface area contributed by atoms with E-state index < -0.39 is 0 Å². The Bertz CT molecular complexity index is 323. The summed E-state index contributed by atoms with van der Waals surface area (Å²) in [5, 5.41) is 12.0. The molecular weight excluding hydrogens is 238 g/mol. The first-order chi connectivity index (χ1) is 8.17. The molecule has 2 unspecified atom stereocenters. The van der Waals surface area contributed by atoms with Crippen molar-refractivity contribution in [2.75, 3.05) is 12.9 Å². The zero-order valence-corrected chi connectivity index (χ0v) is 11.0. The number of hydrogen-bond acceptors (Lipinski definition) is 4. The second-order valence-corrected chi connectivity index (χ2v) is 4.97. The molecule has 2 atom stereocenters. The van der Waals surface area contributed by atoms with Crippen molar-refractivity contribution >= 4 is 17.7 Å². The first-order valence-corrected chi connectivity index (χ1v) is 6.91. The molecule has 0 aromatic carbocycles. The number of aryl methyl sites for hydroxylation is 1. The summed E-state index contributed by atoms with van der Waals surface area (Å²) >= 11 is 1.55. The largest absolute Gasteiger partial charge is 0.469 e. The molecule has 0 aliphatic heterocycles. The van der Waals surface area contributed by atoms with Crippen LogP contribution in [-0.4, -0.2) is 35.2 Å². The predicted molar refractivity (Wildman–Crippen MR) is 69.0 cm³/mol. The van der Waals surface area contributed by atoms with E-state index in [-0.39, 0.29) is 23.8 Å². The molecule has 0 bridgehead atoms. The van der Waals surface area contributed by atoms with Gasteiger partial charge in [-0.3, -0.25) is 4.79 Å². The van der Waals surface area contributed by atoms with E-state index in [4.69, 9.17) is 9.52 Å². The summed E-state index contributed by atoms with van der Waals surface area (Å²) in [4.78, 5) is 11.6.